The van der Waals surface area contributed by atoms with Gasteiger partial charge >= 0.3 is 0 Å². The molecule has 90 valence electrons. The summed E-state index contributed by atoms with van der Waals surface area (Å²) in [5.41, 5.74) is 1.16. The number of nitrogens with zero attached hydrogens (tertiary/aromatic N) is 4. The summed E-state index contributed by atoms with van der Waals surface area (Å²) in [4.78, 5) is 15.5. The Kier molecular flexibility index (Phi) is 2.30. The molecular formula is C11H9N5O2. The van der Waals surface area contributed by atoms with Crippen LogP contribution in [0.4, 0.5) is 0 Å². The van der Waals surface area contributed by atoms with Crippen LogP contribution in [0.15, 0.2) is 35.4 Å². The van der Waals surface area contributed by atoms with E-state index in [0.717, 1.165) is 11.4 Å². The first-order chi connectivity index (χ1) is 8.79. The van der Waals surface area contributed by atoms with Crippen molar-refractivity contribution < 1.29 is 4.74 Å². The highest BCUT2D eigenvalue weighted by Gasteiger charge is 2.09. The quantitative estimate of drug-likeness (QED) is 0.708. The molecular weight excluding hydrogens is 234 g/mol. The van der Waals surface area contributed by atoms with E-state index in [1.54, 1.807) is 11.7 Å². The fraction of sp³-hybridized carbons (Fsp3) is 0.0909. The van der Waals surface area contributed by atoms with Crippen LogP contribution in [0.1, 0.15) is 0 Å². The average molecular weight is 243 g/mol. The van der Waals surface area contributed by atoms with Gasteiger partial charge in [0.2, 0.25) is 0 Å². The fourth-order valence-electron chi connectivity index (χ4n) is 1.70. The molecule has 2 aromatic heterocycles. The first kappa shape index (κ1) is 10.5. The predicted molar refractivity (Wildman–Crippen MR) is 63.8 cm³/mol. The van der Waals surface area contributed by atoms with Crippen molar-refractivity contribution in [2.24, 2.45) is 0 Å². The van der Waals surface area contributed by atoms with Crippen molar-refractivity contribution in [2.75, 3.05) is 7.11 Å². The lowest BCUT2D eigenvalue weighted by molar-refractivity contribution is 0.415. The van der Waals surface area contributed by atoms with Crippen LogP contribution >= 0.6 is 0 Å². The number of hydrogen-bond acceptors (Lipinski definition) is 5. The molecule has 3 rings (SSSR count). The number of aromatic nitrogens is 5. The number of benzene rings is 1. The summed E-state index contributed by atoms with van der Waals surface area (Å²) in [6.07, 6.45) is 1.54. The third kappa shape index (κ3) is 1.53. The second-order valence-corrected chi connectivity index (χ2v) is 3.63. The molecule has 0 amide bonds. The van der Waals surface area contributed by atoms with Crippen LogP contribution in [0.2, 0.25) is 0 Å². The number of ether oxygens (including phenoxy) is 1. The normalized spacial score (nSPS) is 10.7. The average Bonchev–Trinajstić information content (AvgIpc) is 2.84. The van der Waals surface area contributed by atoms with Gasteiger partial charge in [0, 0.05) is 5.69 Å². The molecule has 7 nitrogen and oxygen atoms in total. The van der Waals surface area contributed by atoms with Gasteiger partial charge in [0.05, 0.1) is 7.11 Å². The molecule has 0 bridgehead atoms. The number of H-pyrrole nitrogens is 1. The van der Waals surface area contributed by atoms with Crippen molar-refractivity contribution in [2.45, 2.75) is 0 Å². The zero-order chi connectivity index (χ0) is 12.5. The van der Waals surface area contributed by atoms with Gasteiger partial charge in [0.1, 0.15) is 12.1 Å². The molecule has 0 saturated carbocycles. The standard InChI is InChI=1S/C11H9N5O2/c1-18-8-4-2-7(3-5-8)16-6-12-9-10(16)13-15-14-11(9)17/h2-6H,1H3,(H,13,14,17). The minimum atomic E-state index is -0.354. The monoisotopic (exact) mass is 243 g/mol. The van der Waals surface area contributed by atoms with Crippen molar-refractivity contribution in [3.8, 4) is 11.4 Å². The van der Waals surface area contributed by atoms with Crippen molar-refractivity contribution >= 4 is 11.2 Å². The Labute approximate surface area is 101 Å². The van der Waals surface area contributed by atoms with E-state index in [1.807, 2.05) is 24.3 Å². The number of aromatic amines is 1. The second-order valence-electron chi connectivity index (χ2n) is 3.63. The van der Waals surface area contributed by atoms with Crippen molar-refractivity contribution in [1.82, 2.24) is 25.0 Å². The third-order valence-electron chi connectivity index (χ3n) is 2.60. The van der Waals surface area contributed by atoms with Gasteiger partial charge in [-0.3, -0.25) is 9.36 Å². The van der Waals surface area contributed by atoms with Crippen molar-refractivity contribution in [3.05, 3.63) is 40.9 Å². The van der Waals surface area contributed by atoms with Crippen LogP contribution in [0.5, 0.6) is 5.75 Å². The smallest absolute Gasteiger partial charge is 0.295 e. The fourth-order valence-corrected chi connectivity index (χ4v) is 1.70. The molecule has 0 aliphatic carbocycles. The number of rotatable bonds is 2. The number of hydrogen-bond donors (Lipinski definition) is 1. The number of nitrogens with one attached hydrogen (secondary N) is 1. The number of methoxy groups -OCH3 is 1. The Morgan fingerprint density at radius 1 is 1.28 bits per heavy atom. The van der Waals surface area contributed by atoms with Gasteiger partial charge in [-0.05, 0) is 24.3 Å². The van der Waals surface area contributed by atoms with Gasteiger partial charge in [-0.2, -0.15) is 0 Å². The van der Waals surface area contributed by atoms with E-state index < -0.39 is 0 Å². The van der Waals surface area contributed by atoms with E-state index in [0.29, 0.717) is 5.65 Å². The molecule has 1 N–H and O–H groups in total. The summed E-state index contributed by atoms with van der Waals surface area (Å²) in [6, 6.07) is 7.34. The first-order valence-corrected chi connectivity index (χ1v) is 5.22. The molecule has 0 unspecified atom stereocenters. The Morgan fingerprint density at radius 2 is 2.06 bits per heavy atom. The molecule has 7 heteroatoms. The van der Waals surface area contributed by atoms with E-state index in [4.69, 9.17) is 4.74 Å². The predicted octanol–water partition coefficient (Wildman–Crippen LogP) is 0.512. The maximum Gasteiger partial charge on any atom is 0.295 e. The number of imidazole rings is 1. The Morgan fingerprint density at radius 3 is 2.78 bits per heavy atom. The second kappa shape index (κ2) is 3.95. The lowest BCUT2D eigenvalue weighted by Crippen LogP contribution is -2.10. The summed E-state index contributed by atoms with van der Waals surface area (Å²) in [7, 11) is 1.60. The van der Waals surface area contributed by atoms with Gasteiger partial charge in [0.25, 0.3) is 5.56 Å². The van der Waals surface area contributed by atoms with Gasteiger partial charge < -0.3 is 4.74 Å². The number of fused-ring (bicyclic) bond motifs is 1. The molecule has 0 aliphatic heterocycles. The Bertz CT molecular complexity index is 744. The van der Waals surface area contributed by atoms with Crippen LogP contribution in [0.3, 0.4) is 0 Å². The molecule has 0 spiro atoms. The van der Waals surface area contributed by atoms with E-state index in [1.165, 1.54) is 6.33 Å². The Hall–Kier alpha value is -2.70. The largest absolute Gasteiger partial charge is 0.497 e. The van der Waals surface area contributed by atoms with E-state index in [2.05, 4.69) is 20.4 Å². The summed E-state index contributed by atoms with van der Waals surface area (Å²) in [6.45, 7) is 0. The van der Waals surface area contributed by atoms with Crippen molar-refractivity contribution in [1.29, 1.82) is 0 Å². The molecule has 1 aromatic carbocycles. The highest BCUT2D eigenvalue weighted by Crippen LogP contribution is 2.17. The molecule has 0 atom stereocenters. The minimum Gasteiger partial charge on any atom is -0.497 e. The highest BCUT2D eigenvalue weighted by molar-refractivity contribution is 5.70. The zero-order valence-corrected chi connectivity index (χ0v) is 9.49. The van der Waals surface area contributed by atoms with Crippen LogP contribution in [-0.4, -0.2) is 32.1 Å². The lowest BCUT2D eigenvalue weighted by Gasteiger charge is -2.04. The van der Waals surface area contributed by atoms with Crippen LogP contribution < -0.4 is 10.3 Å². The molecule has 0 aliphatic rings. The van der Waals surface area contributed by atoms with Gasteiger partial charge in [-0.15, -0.1) is 5.10 Å². The molecule has 0 saturated heterocycles. The lowest BCUT2D eigenvalue weighted by atomic mass is 10.3. The van der Waals surface area contributed by atoms with Crippen LogP contribution in [0.25, 0.3) is 16.9 Å². The maximum absolute atomic E-state index is 11.5. The molecule has 2 heterocycles. The molecule has 0 radical (unpaired) electrons. The summed E-state index contributed by atoms with van der Waals surface area (Å²) < 4.78 is 6.78. The van der Waals surface area contributed by atoms with Crippen molar-refractivity contribution in [3.63, 3.8) is 0 Å². The van der Waals surface area contributed by atoms with E-state index in [-0.39, 0.29) is 11.1 Å². The summed E-state index contributed by atoms with van der Waals surface area (Å²) in [5.74, 6) is 0.757. The highest BCUT2D eigenvalue weighted by atomic mass is 16.5. The zero-order valence-electron chi connectivity index (χ0n) is 9.49. The van der Waals surface area contributed by atoms with Gasteiger partial charge in [-0.1, -0.05) is 5.21 Å². The minimum absolute atomic E-state index is 0.265. The SMILES string of the molecule is COc1ccc(-n2cnc3c(=O)[nH]nnc32)cc1. The maximum atomic E-state index is 11.5. The van der Waals surface area contributed by atoms with E-state index >= 15 is 0 Å². The molecule has 3 aromatic rings. The molecule has 0 fully saturated rings. The topological polar surface area (TPSA) is 85.7 Å². The first-order valence-electron chi connectivity index (χ1n) is 5.22. The van der Waals surface area contributed by atoms with Gasteiger partial charge in [-0.25, -0.2) is 10.1 Å². The summed E-state index contributed by atoms with van der Waals surface area (Å²) >= 11 is 0. The van der Waals surface area contributed by atoms with Gasteiger partial charge in [0.15, 0.2) is 11.2 Å². The van der Waals surface area contributed by atoms with Crippen LogP contribution in [0, 0.1) is 0 Å². The Balaban J connectivity index is 2.19. The molecule has 18 heavy (non-hydrogen) atoms. The van der Waals surface area contributed by atoms with E-state index in [9.17, 15) is 4.79 Å². The summed E-state index contributed by atoms with van der Waals surface area (Å²) in [5, 5.41) is 9.66. The third-order valence-corrected chi connectivity index (χ3v) is 2.60. The van der Waals surface area contributed by atoms with Crippen LogP contribution in [-0.2, 0) is 0 Å².